The first-order valence-corrected chi connectivity index (χ1v) is 7.76. The first-order chi connectivity index (χ1) is 10.4. The van der Waals surface area contributed by atoms with Crippen LogP contribution in [0.1, 0.15) is 47.2 Å². The zero-order valence-corrected chi connectivity index (χ0v) is 15.6. The van der Waals surface area contributed by atoms with Crippen molar-refractivity contribution < 1.29 is 4.79 Å². The summed E-state index contributed by atoms with van der Waals surface area (Å²) in [6.07, 6.45) is 0. The van der Waals surface area contributed by atoms with Gasteiger partial charge in [-0.3, -0.25) is 0 Å². The van der Waals surface area contributed by atoms with Crippen molar-refractivity contribution in [2.45, 2.75) is 55.4 Å². The van der Waals surface area contributed by atoms with Gasteiger partial charge in [-0.15, -0.1) is 0 Å². The van der Waals surface area contributed by atoms with Gasteiger partial charge in [0.1, 0.15) is 6.79 Å². The van der Waals surface area contributed by atoms with Gasteiger partial charge < -0.3 is 4.79 Å². The molecule has 0 atom stereocenters. The highest BCUT2D eigenvalue weighted by molar-refractivity contribution is 5.29. The molecule has 2 aromatic carbocycles. The summed E-state index contributed by atoms with van der Waals surface area (Å²) in [5.41, 5.74) is 8.21. The third-order valence-corrected chi connectivity index (χ3v) is 3.32. The van der Waals surface area contributed by atoms with E-state index in [1.807, 2.05) is 20.6 Å². The third kappa shape index (κ3) is 9.12. The first kappa shape index (κ1) is 22.4. The average molecular weight is 300 g/mol. The lowest BCUT2D eigenvalue weighted by molar-refractivity contribution is -0.0979. The molecule has 0 radical (unpaired) electrons. The second kappa shape index (κ2) is 12.8. The largest absolute Gasteiger partial charge is 0.307 e. The maximum absolute atomic E-state index is 8.00. The highest BCUT2D eigenvalue weighted by atomic mass is 16.1. The zero-order chi connectivity index (χ0) is 17.7. The number of carbonyl (C=O) groups is 1. The molecule has 0 aliphatic carbocycles. The Morgan fingerprint density at radius 2 is 0.818 bits per heavy atom. The second-order valence-corrected chi connectivity index (χ2v) is 5.18. The summed E-state index contributed by atoms with van der Waals surface area (Å²) in [4.78, 5) is 8.00. The van der Waals surface area contributed by atoms with Crippen molar-refractivity contribution in [1.29, 1.82) is 0 Å². The number of rotatable bonds is 0. The summed E-state index contributed by atoms with van der Waals surface area (Å²) in [5.74, 6) is 0. The molecular weight excluding hydrogens is 268 g/mol. The molecule has 0 saturated carbocycles. The van der Waals surface area contributed by atoms with Crippen molar-refractivity contribution in [1.82, 2.24) is 0 Å². The van der Waals surface area contributed by atoms with Gasteiger partial charge >= 0.3 is 0 Å². The zero-order valence-electron chi connectivity index (χ0n) is 15.6. The predicted octanol–water partition coefficient (Wildman–Crippen LogP) is 6.07. The van der Waals surface area contributed by atoms with Crippen molar-refractivity contribution in [2.24, 2.45) is 0 Å². The highest BCUT2D eigenvalue weighted by Crippen LogP contribution is 2.08. The minimum absolute atomic E-state index is 1.35. The van der Waals surface area contributed by atoms with E-state index in [1.165, 1.54) is 33.4 Å². The monoisotopic (exact) mass is 300 g/mol. The molecule has 0 aliphatic rings. The molecule has 1 nitrogen and oxygen atoms in total. The van der Waals surface area contributed by atoms with Gasteiger partial charge in [0.25, 0.3) is 0 Å². The SMILES string of the molecule is C=O.CC.Cc1ccc(C)c(C)c1.Cc1ccc(C)c(C)c1. The van der Waals surface area contributed by atoms with E-state index in [0.717, 1.165) is 0 Å². The van der Waals surface area contributed by atoms with Crippen LogP contribution in [0.3, 0.4) is 0 Å². The smallest absolute Gasteiger partial charge is 0.106 e. The van der Waals surface area contributed by atoms with Gasteiger partial charge in [0.05, 0.1) is 0 Å². The Morgan fingerprint density at radius 1 is 0.545 bits per heavy atom. The molecule has 122 valence electrons. The van der Waals surface area contributed by atoms with Crippen LogP contribution in [0, 0.1) is 41.5 Å². The number of hydrogen-bond donors (Lipinski definition) is 0. The van der Waals surface area contributed by atoms with E-state index in [1.54, 1.807) is 0 Å². The minimum Gasteiger partial charge on any atom is -0.307 e. The number of aryl methyl sites for hydroxylation is 6. The van der Waals surface area contributed by atoms with E-state index in [0.29, 0.717) is 0 Å². The summed E-state index contributed by atoms with van der Waals surface area (Å²) in [6, 6.07) is 13.0. The van der Waals surface area contributed by atoms with E-state index < -0.39 is 0 Å². The van der Waals surface area contributed by atoms with Gasteiger partial charge in [-0.2, -0.15) is 0 Å². The van der Waals surface area contributed by atoms with Crippen LogP contribution in [0.4, 0.5) is 0 Å². The second-order valence-electron chi connectivity index (χ2n) is 5.18. The summed E-state index contributed by atoms with van der Waals surface area (Å²) < 4.78 is 0. The maximum atomic E-state index is 8.00. The molecule has 2 aromatic rings. The van der Waals surface area contributed by atoms with Gasteiger partial charge in [-0.25, -0.2) is 0 Å². The highest BCUT2D eigenvalue weighted by Gasteiger charge is 1.89. The number of benzene rings is 2. The summed E-state index contributed by atoms with van der Waals surface area (Å²) in [5, 5.41) is 0. The molecule has 0 heterocycles. The number of carbonyl (C=O) groups excluding carboxylic acids is 1. The van der Waals surface area contributed by atoms with Gasteiger partial charge in [-0.05, 0) is 63.8 Å². The quantitative estimate of drug-likeness (QED) is 0.577. The molecule has 0 saturated heterocycles. The Bertz CT molecular complexity index is 492. The lowest BCUT2D eigenvalue weighted by atomic mass is 10.1. The Hall–Kier alpha value is -1.89. The molecule has 22 heavy (non-hydrogen) atoms. The van der Waals surface area contributed by atoms with E-state index in [2.05, 4.69) is 77.9 Å². The summed E-state index contributed by atoms with van der Waals surface area (Å²) in [6.45, 7) is 18.8. The maximum Gasteiger partial charge on any atom is 0.106 e. The lowest BCUT2D eigenvalue weighted by Crippen LogP contribution is -1.79. The van der Waals surface area contributed by atoms with Crippen molar-refractivity contribution in [3.8, 4) is 0 Å². The van der Waals surface area contributed by atoms with Crippen LogP contribution in [-0.4, -0.2) is 6.79 Å². The van der Waals surface area contributed by atoms with E-state index in [-0.39, 0.29) is 0 Å². The topological polar surface area (TPSA) is 17.1 Å². The predicted molar refractivity (Wildman–Crippen MR) is 99.8 cm³/mol. The fraction of sp³-hybridized carbons (Fsp3) is 0.381. The fourth-order valence-corrected chi connectivity index (χ4v) is 1.78. The Labute approximate surface area is 137 Å². The molecular formula is C21H32O. The van der Waals surface area contributed by atoms with Crippen LogP contribution in [0.15, 0.2) is 36.4 Å². The molecule has 0 bridgehead atoms. The van der Waals surface area contributed by atoms with Gasteiger partial charge in [0.2, 0.25) is 0 Å². The minimum atomic E-state index is 1.35. The van der Waals surface area contributed by atoms with Crippen molar-refractivity contribution in [2.75, 3.05) is 0 Å². The molecule has 0 spiro atoms. The average Bonchev–Trinajstić information content (AvgIpc) is 2.52. The van der Waals surface area contributed by atoms with Gasteiger partial charge in [0.15, 0.2) is 0 Å². The molecule has 1 heteroatoms. The molecule has 0 fully saturated rings. The normalized spacial score (nSPS) is 8.36. The fourth-order valence-electron chi connectivity index (χ4n) is 1.78. The van der Waals surface area contributed by atoms with E-state index in [9.17, 15) is 0 Å². The van der Waals surface area contributed by atoms with Gasteiger partial charge in [-0.1, -0.05) is 61.4 Å². The van der Waals surface area contributed by atoms with Crippen molar-refractivity contribution in [3.63, 3.8) is 0 Å². The van der Waals surface area contributed by atoms with Crippen LogP contribution in [0.2, 0.25) is 0 Å². The summed E-state index contributed by atoms with van der Waals surface area (Å²) in [7, 11) is 0. The molecule has 0 aromatic heterocycles. The summed E-state index contributed by atoms with van der Waals surface area (Å²) >= 11 is 0. The van der Waals surface area contributed by atoms with Crippen LogP contribution in [0.25, 0.3) is 0 Å². The molecule has 0 unspecified atom stereocenters. The lowest BCUT2D eigenvalue weighted by Gasteiger charge is -1.98. The van der Waals surface area contributed by atoms with Crippen LogP contribution >= 0.6 is 0 Å². The Balaban J connectivity index is 0. The van der Waals surface area contributed by atoms with Crippen LogP contribution < -0.4 is 0 Å². The van der Waals surface area contributed by atoms with Crippen LogP contribution in [0.5, 0.6) is 0 Å². The number of hydrogen-bond acceptors (Lipinski definition) is 1. The van der Waals surface area contributed by atoms with E-state index in [4.69, 9.17) is 4.79 Å². The van der Waals surface area contributed by atoms with Crippen molar-refractivity contribution >= 4 is 6.79 Å². The van der Waals surface area contributed by atoms with E-state index >= 15 is 0 Å². The molecule has 0 amide bonds. The van der Waals surface area contributed by atoms with Crippen LogP contribution in [-0.2, 0) is 4.79 Å². The molecule has 2 rings (SSSR count). The molecule has 0 N–H and O–H groups in total. The van der Waals surface area contributed by atoms with Crippen molar-refractivity contribution in [3.05, 3.63) is 69.8 Å². The molecule has 0 aliphatic heterocycles. The standard InChI is InChI=1S/2C9H12.C2H6.CH2O/c2*1-7-4-5-8(2)9(3)6-7;2*1-2/h2*4-6H,1-3H3;1-2H3;1H2. The Kier molecular flexibility index (Phi) is 13.0. The van der Waals surface area contributed by atoms with Gasteiger partial charge in [0, 0.05) is 0 Å². The first-order valence-electron chi connectivity index (χ1n) is 7.76. The third-order valence-electron chi connectivity index (χ3n) is 3.32. The Morgan fingerprint density at radius 3 is 1.00 bits per heavy atom.